The van der Waals surface area contributed by atoms with Crippen LogP contribution in [0.2, 0.25) is 0 Å². The van der Waals surface area contributed by atoms with Crippen LogP contribution >= 0.6 is 0 Å². The summed E-state index contributed by atoms with van der Waals surface area (Å²) in [5.74, 6) is -0.743. The van der Waals surface area contributed by atoms with Gasteiger partial charge in [-0.05, 0) is 19.1 Å². The Balaban J connectivity index is 3.05. The molecule has 0 saturated carbocycles. The van der Waals surface area contributed by atoms with Crippen LogP contribution in [0.1, 0.15) is 17.3 Å². The Morgan fingerprint density at radius 3 is 2.67 bits per heavy atom. The first-order valence-electron chi connectivity index (χ1n) is 4.97. The van der Waals surface area contributed by atoms with Crippen molar-refractivity contribution in [2.24, 2.45) is 0 Å². The lowest BCUT2D eigenvalue weighted by Gasteiger charge is -2.12. The molecule has 0 aliphatic carbocycles. The molecule has 0 spiro atoms. The van der Waals surface area contributed by atoms with Crippen LogP contribution in [0.25, 0.3) is 0 Å². The normalized spacial score (nSPS) is 11.4. The molecule has 7 nitrogen and oxygen atoms in total. The van der Waals surface area contributed by atoms with E-state index in [1.54, 1.807) is 0 Å². The molecule has 0 fully saturated rings. The van der Waals surface area contributed by atoms with Crippen molar-refractivity contribution in [3.05, 3.63) is 33.9 Å². The number of carbonyl (C=O) groups excluding carboxylic acids is 2. The van der Waals surface area contributed by atoms with E-state index in [1.165, 1.54) is 26.2 Å². The number of benzene rings is 1. The standard InChI is InChI=1S/C11H11NO6/c1-7(11(14)17-2)18-10-4-3-8(6-13)5-9(10)12(15)16/h3-7H,1-2H3. The lowest BCUT2D eigenvalue weighted by Crippen LogP contribution is -2.25. The van der Waals surface area contributed by atoms with Gasteiger partial charge in [0, 0.05) is 11.6 Å². The van der Waals surface area contributed by atoms with Crippen LogP contribution in [-0.2, 0) is 9.53 Å². The minimum Gasteiger partial charge on any atom is -0.472 e. The second-order valence-corrected chi connectivity index (χ2v) is 3.39. The molecule has 1 unspecified atom stereocenters. The number of nitrogens with zero attached hydrogens (tertiary/aromatic N) is 1. The Labute approximate surface area is 102 Å². The number of nitro groups is 1. The van der Waals surface area contributed by atoms with E-state index in [2.05, 4.69) is 4.74 Å². The monoisotopic (exact) mass is 253 g/mol. The van der Waals surface area contributed by atoms with Gasteiger partial charge in [0.15, 0.2) is 11.9 Å². The van der Waals surface area contributed by atoms with Gasteiger partial charge in [0.2, 0.25) is 0 Å². The molecule has 0 aromatic heterocycles. The zero-order valence-electron chi connectivity index (χ0n) is 9.78. The minimum absolute atomic E-state index is 0.0940. The highest BCUT2D eigenvalue weighted by atomic mass is 16.6. The van der Waals surface area contributed by atoms with E-state index >= 15 is 0 Å². The molecule has 18 heavy (non-hydrogen) atoms. The van der Waals surface area contributed by atoms with Gasteiger partial charge in [-0.1, -0.05) is 0 Å². The first kappa shape index (κ1) is 13.6. The molecule has 0 aliphatic rings. The summed E-state index contributed by atoms with van der Waals surface area (Å²) in [6, 6.07) is 3.70. The number of aldehydes is 1. The van der Waals surface area contributed by atoms with Crippen LogP contribution in [0.3, 0.4) is 0 Å². The smallest absolute Gasteiger partial charge is 0.346 e. The van der Waals surface area contributed by atoms with E-state index in [1.807, 2.05) is 0 Å². The van der Waals surface area contributed by atoms with Gasteiger partial charge in [0.25, 0.3) is 0 Å². The van der Waals surface area contributed by atoms with Gasteiger partial charge < -0.3 is 9.47 Å². The second-order valence-electron chi connectivity index (χ2n) is 3.39. The maximum absolute atomic E-state index is 11.1. The molecule has 0 amide bonds. The number of rotatable bonds is 5. The molecule has 0 aliphatic heterocycles. The van der Waals surface area contributed by atoms with Gasteiger partial charge in [-0.15, -0.1) is 0 Å². The summed E-state index contributed by atoms with van der Waals surface area (Å²) in [5, 5.41) is 10.8. The molecule has 1 aromatic rings. The minimum atomic E-state index is -0.976. The maximum atomic E-state index is 11.1. The number of hydrogen-bond donors (Lipinski definition) is 0. The van der Waals surface area contributed by atoms with Crippen molar-refractivity contribution in [1.82, 2.24) is 0 Å². The summed E-state index contributed by atoms with van der Waals surface area (Å²) in [6.07, 6.45) is -0.490. The van der Waals surface area contributed by atoms with Crippen LogP contribution in [0, 0.1) is 10.1 Å². The van der Waals surface area contributed by atoms with Gasteiger partial charge in [-0.2, -0.15) is 0 Å². The topological polar surface area (TPSA) is 95.7 Å². The summed E-state index contributed by atoms with van der Waals surface area (Å²) in [5.41, 5.74) is -0.227. The molecular formula is C11H11NO6. The number of nitro benzene ring substituents is 1. The number of esters is 1. The van der Waals surface area contributed by atoms with Gasteiger partial charge in [-0.25, -0.2) is 4.79 Å². The number of hydrogen-bond acceptors (Lipinski definition) is 6. The molecule has 0 bridgehead atoms. The average Bonchev–Trinajstić information content (AvgIpc) is 2.37. The fourth-order valence-electron chi connectivity index (χ4n) is 1.25. The summed E-state index contributed by atoms with van der Waals surface area (Å²) in [4.78, 5) is 31.8. The second kappa shape index (κ2) is 5.76. The first-order chi connectivity index (χ1) is 8.49. The van der Waals surface area contributed by atoms with Crippen LogP contribution < -0.4 is 4.74 Å². The van der Waals surface area contributed by atoms with E-state index in [-0.39, 0.29) is 17.0 Å². The maximum Gasteiger partial charge on any atom is 0.346 e. The Hall–Kier alpha value is -2.44. The fraction of sp³-hybridized carbons (Fsp3) is 0.273. The predicted octanol–water partition coefficient (Wildman–Crippen LogP) is 1.35. The molecule has 1 atom stereocenters. The van der Waals surface area contributed by atoms with Crippen molar-refractivity contribution in [3.8, 4) is 5.75 Å². The zero-order valence-corrected chi connectivity index (χ0v) is 9.78. The summed E-state index contributed by atoms with van der Waals surface area (Å²) in [6.45, 7) is 1.41. The van der Waals surface area contributed by atoms with E-state index in [4.69, 9.17) is 4.74 Å². The summed E-state index contributed by atoms with van der Waals surface area (Å²) >= 11 is 0. The Bertz CT molecular complexity index is 484. The average molecular weight is 253 g/mol. The van der Waals surface area contributed by atoms with Crippen LogP contribution in [0.4, 0.5) is 5.69 Å². The third-order valence-electron chi connectivity index (χ3n) is 2.15. The molecule has 96 valence electrons. The molecular weight excluding hydrogens is 242 g/mol. The Morgan fingerprint density at radius 2 is 2.17 bits per heavy atom. The zero-order chi connectivity index (χ0) is 13.7. The largest absolute Gasteiger partial charge is 0.472 e. The quantitative estimate of drug-likeness (QED) is 0.340. The highest BCUT2D eigenvalue weighted by Crippen LogP contribution is 2.28. The van der Waals surface area contributed by atoms with Gasteiger partial charge in [0.05, 0.1) is 12.0 Å². The summed E-state index contributed by atoms with van der Waals surface area (Å²) in [7, 11) is 1.19. The van der Waals surface area contributed by atoms with E-state index in [0.29, 0.717) is 6.29 Å². The highest BCUT2D eigenvalue weighted by molar-refractivity contribution is 5.78. The van der Waals surface area contributed by atoms with E-state index in [9.17, 15) is 19.7 Å². The van der Waals surface area contributed by atoms with Crippen molar-refractivity contribution in [2.45, 2.75) is 13.0 Å². The predicted molar refractivity (Wildman–Crippen MR) is 60.6 cm³/mol. The highest BCUT2D eigenvalue weighted by Gasteiger charge is 2.21. The van der Waals surface area contributed by atoms with E-state index in [0.717, 1.165) is 6.07 Å². The van der Waals surface area contributed by atoms with E-state index < -0.39 is 17.0 Å². The third-order valence-corrected chi connectivity index (χ3v) is 2.15. The first-order valence-corrected chi connectivity index (χ1v) is 4.97. The third kappa shape index (κ3) is 3.03. The van der Waals surface area contributed by atoms with Gasteiger partial charge in [0.1, 0.15) is 6.29 Å². The summed E-state index contributed by atoms with van der Waals surface area (Å²) < 4.78 is 9.57. The van der Waals surface area contributed by atoms with Crippen LogP contribution in [0.5, 0.6) is 5.75 Å². The lowest BCUT2D eigenvalue weighted by molar-refractivity contribution is -0.386. The molecule has 0 heterocycles. The number of ether oxygens (including phenoxy) is 2. The van der Waals surface area contributed by atoms with Crippen LogP contribution in [-0.4, -0.2) is 30.4 Å². The SMILES string of the molecule is COC(=O)C(C)Oc1ccc(C=O)cc1[N+](=O)[O-]. The van der Waals surface area contributed by atoms with Crippen molar-refractivity contribution < 1.29 is 24.0 Å². The molecule has 0 saturated heterocycles. The molecule has 7 heteroatoms. The Kier molecular flexibility index (Phi) is 4.36. The fourth-order valence-corrected chi connectivity index (χ4v) is 1.25. The van der Waals surface area contributed by atoms with Crippen molar-refractivity contribution in [3.63, 3.8) is 0 Å². The molecule has 1 rings (SSSR count). The van der Waals surface area contributed by atoms with Crippen molar-refractivity contribution >= 4 is 17.9 Å². The molecule has 1 aromatic carbocycles. The molecule has 0 N–H and O–H groups in total. The molecule has 0 radical (unpaired) electrons. The van der Waals surface area contributed by atoms with Crippen molar-refractivity contribution in [1.29, 1.82) is 0 Å². The number of methoxy groups -OCH3 is 1. The Morgan fingerprint density at radius 1 is 1.50 bits per heavy atom. The van der Waals surface area contributed by atoms with Gasteiger partial charge >= 0.3 is 11.7 Å². The van der Waals surface area contributed by atoms with Crippen LogP contribution in [0.15, 0.2) is 18.2 Å². The van der Waals surface area contributed by atoms with Gasteiger partial charge in [-0.3, -0.25) is 14.9 Å². The number of carbonyl (C=O) groups is 2. The van der Waals surface area contributed by atoms with Crippen molar-refractivity contribution in [2.75, 3.05) is 7.11 Å². The lowest BCUT2D eigenvalue weighted by atomic mass is 10.2.